The van der Waals surface area contributed by atoms with Crippen LogP contribution in [0.3, 0.4) is 0 Å². The number of thiocarbonyl (C=S) groups is 1. The number of nitrogens with zero attached hydrogens (tertiary/aromatic N) is 1. The predicted octanol–water partition coefficient (Wildman–Crippen LogP) is 6.01. The molecule has 0 saturated carbocycles. The van der Waals surface area contributed by atoms with Crippen molar-refractivity contribution < 1.29 is 19.1 Å². The number of hydrogen-bond acceptors (Lipinski definition) is 6. The van der Waals surface area contributed by atoms with Crippen molar-refractivity contribution in [1.82, 2.24) is 4.90 Å². The van der Waals surface area contributed by atoms with Crippen molar-refractivity contribution in [3.63, 3.8) is 0 Å². The van der Waals surface area contributed by atoms with E-state index in [-0.39, 0.29) is 24.5 Å². The minimum atomic E-state index is -0.273. The van der Waals surface area contributed by atoms with Gasteiger partial charge in [0.2, 0.25) is 0 Å². The van der Waals surface area contributed by atoms with Gasteiger partial charge in [-0.15, -0.1) is 0 Å². The highest BCUT2D eigenvalue weighted by Crippen LogP contribution is 2.39. The van der Waals surface area contributed by atoms with Crippen molar-refractivity contribution in [2.45, 2.75) is 40.7 Å². The number of halogens is 1. The molecule has 0 unspecified atom stereocenters. The van der Waals surface area contributed by atoms with Crippen LogP contribution >= 0.6 is 39.9 Å². The third-order valence-electron chi connectivity index (χ3n) is 5.18. The van der Waals surface area contributed by atoms with Gasteiger partial charge in [0.1, 0.15) is 4.32 Å². The zero-order chi connectivity index (χ0) is 25.2. The Bertz CT molecular complexity index is 1170. The summed E-state index contributed by atoms with van der Waals surface area (Å²) < 4.78 is 12.4. The van der Waals surface area contributed by atoms with E-state index in [2.05, 4.69) is 21.2 Å². The lowest BCUT2D eigenvalue weighted by Crippen LogP contribution is -2.34. The standard InChI is InChI=1S/C25H27BrN2O4S2/c1-13(2)28-24(30)20(34-25(28)33)11-17-9-18(26)23(19(10-17)31-6)32-12-21(29)27-22-15(4)7-14(3)8-16(22)5/h7-11,13H,12H2,1-6H3,(H,27,29)/b20-11-. The molecule has 2 aromatic carbocycles. The number of amides is 2. The third-order valence-corrected chi connectivity index (χ3v) is 7.10. The lowest BCUT2D eigenvalue weighted by molar-refractivity contribution is -0.123. The summed E-state index contributed by atoms with van der Waals surface area (Å²) in [6.07, 6.45) is 1.77. The molecule has 0 spiro atoms. The van der Waals surface area contributed by atoms with Crippen molar-refractivity contribution in [1.29, 1.82) is 0 Å². The van der Waals surface area contributed by atoms with E-state index in [4.69, 9.17) is 21.7 Å². The Morgan fingerprint density at radius 1 is 1.21 bits per heavy atom. The first-order chi connectivity index (χ1) is 16.0. The molecule has 3 rings (SSSR count). The zero-order valence-corrected chi connectivity index (χ0v) is 23.2. The average Bonchev–Trinajstić information content (AvgIpc) is 3.02. The fourth-order valence-corrected chi connectivity index (χ4v) is 5.83. The molecule has 1 fully saturated rings. The van der Waals surface area contributed by atoms with Gasteiger partial charge < -0.3 is 14.8 Å². The van der Waals surface area contributed by atoms with Gasteiger partial charge in [-0.05, 0) is 85.4 Å². The molecule has 1 aliphatic rings. The van der Waals surface area contributed by atoms with Crippen LogP contribution in [0.1, 0.15) is 36.1 Å². The van der Waals surface area contributed by atoms with Gasteiger partial charge in [0.05, 0.1) is 16.5 Å². The van der Waals surface area contributed by atoms with Crippen LogP contribution in [0.2, 0.25) is 0 Å². The average molecular weight is 564 g/mol. The van der Waals surface area contributed by atoms with Crippen LogP contribution in [0.15, 0.2) is 33.6 Å². The van der Waals surface area contributed by atoms with Crippen molar-refractivity contribution in [3.05, 3.63) is 55.9 Å². The molecular formula is C25H27BrN2O4S2. The highest BCUT2D eigenvalue weighted by Gasteiger charge is 2.33. The first-order valence-electron chi connectivity index (χ1n) is 10.7. The van der Waals surface area contributed by atoms with Crippen LogP contribution in [0.25, 0.3) is 6.08 Å². The number of aryl methyl sites for hydroxylation is 3. The van der Waals surface area contributed by atoms with Crippen molar-refractivity contribution in [3.8, 4) is 11.5 Å². The molecule has 0 radical (unpaired) electrons. The summed E-state index contributed by atoms with van der Waals surface area (Å²) in [5.74, 6) is 0.460. The molecule has 2 aromatic rings. The maximum absolute atomic E-state index is 12.7. The van der Waals surface area contributed by atoms with Crippen LogP contribution in [0.4, 0.5) is 5.69 Å². The maximum Gasteiger partial charge on any atom is 0.266 e. The van der Waals surface area contributed by atoms with E-state index in [0.717, 1.165) is 27.9 Å². The number of thioether (sulfide) groups is 1. The quantitative estimate of drug-likeness (QED) is 0.329. The van der Waals surface area contributed by atoms with Gasteiger partial charge in [0.15, 0.2) is 18.1 Å². The van der Waals surface area contributed by atoms with E-state index in [1.54, 1.807) is 17.0 Å². The second-order valence-electron chi connectivity index (χ2n) is 8.29. The highest BCUT2D eigenvalue weighted by atomic mass is 79.9. The van der Waals surface area contributed by atoms with Gasteiger partial charge in [0.25, 0.3) is 11.8 Å². The first kappa shape index (κ1) is 26.2. The SMILES string of the molecule is COc1cc(/C=C2\SC(=S)N(C(C)C)C2=O)cc(Br)c1OCC(=O)Nc1c(C)cc(C)cc1C. The summed E-state index contributed by atoms with van der Waals surface area (Å²) in [6, 6.07) is 7.61. The van der Waals surface area contributed by atoms with Crippen molar-refractivity contribution in [2.24, 2.45) is 0 Å². The second kappa shape index (κ2) is 10.9. The molecule has 1 aliphatic heterocycles. The van der Waals surface area contributed by atoms with Gasteiger partial charge in [-0.3, -0.25) is 14.5 Å². The molecule has 6 nitrogen and oxygen atoms in total. The number of benzene rings is 2. The molecule has 0 atom stereocenters. The highest BCUT2D eigenvalue weighted by molar-refractivity contribution is 9.10. The normalized spacial score (nSPS) is 14.8. The van der Waals surface area contributed by atoms with Gasteiger partial charge in [-0.2, -0.15) is 0 Å². The maximum atomic E-state index is 12.7. The molecule has 0 aromatic heterocycles. The number of rotatable bonds is 7. The molecule has 0 bridgehead atoms. The molecule has 2 amide bonds. The summed E-state index contributed by atoms with van der Waals surface area (Å²) in [5, 5.41) is 2.93. The second-order valence-corrected chi connectivity index (χ2v) is 10.8. The van der Waals surface area contributed by atoms with E-state index in [0.29, 0.717) is 25.2 Å². The number of ether oxygens (including phenoxy) is 2. The van der Waals surface area contributed by atoms with Crippen LogP contribution in [0.5, 0.6) is 11.5 Å². The topological polar surface area (TPSA) is 67.9 Å². The van der Waals surface area contributed by atoms with E-state index >= 15 is 0 Å². The van der Waals surface area contributed by atoms with Crippen molar-refractivity contribution >= 4 is 67.8 Å². The Morgan fingerprint density at radius 3 is 2.41 bits per heavy atom. The third kappa shape index (κ3) is 5.82. The minimum absolute atomic E-state index is 0.00548. The summed E-state index contributed by atoms with van der Waals surface area (Å²) >= 11 is 10.1. The summed E-state index contributed by atoms with van der Waals surface area (Å²) in [6.45, 7) is 9.61. The molecule has 1 heterocycles. The fraction of sp³-hybridized carbons (Fsp3) is 0.320. The molecule has 1 N–H and O–H groups in total. The smallest absolute Gasteiger partial charge is 0.266 e. The molecule has 0 aliphatic carbocycles. The Labute approximate surface area is 218 Å². The van der Waals surface area contributed by atoms with E-state index in [1.807, 2.05) is 52.8 Å². The molecular weight excluding hydrogens is 536 g/mol. The largest absolute Gasteiger partial charge is 0.493 e. The van der Waals surface area contributed by atoms with Gasteiger partial charge >= 0.3 is 0 Å². The Kier molecular flexibility index (Phi) is 8.43. The van der Waals surface area contributed by atoms with E-state index in [9.17, 15) is 9.59 Å². The lowest BCUT2D eigenvalue weighted by atomic mass is 10.1. The number of anilines is 1. The zero-order valence-electron chi connectivity index (χ0n) is 19.9. The van der Waals surface area contributed by atoms with Crippen LogP contribution < -0.4 is 14.8 Å². The number of methoxy groups -OCH3 is 1. The first-order valence-corrected chi connectivity index (χ1v) is 12.7. The molecule has 1 saturated heterocycles. The van der Waals surface area contributed by atoms with E-state index < -0.39 is 0 Å². The summed E-state index contributed by atoms with van der Waals surface area (Å²) in [5.41, 5.74) is 4.67. The Balaban J connectivity index is 1.76. The fourth-order valence-electron chi connectivity index (χ4n) is 3.73. The number of nitrogens with one attached hydrogen (secondary N) is 1. The molecule has 34 heavy (non-hydrogen) atoms. The Morgan fingerprint density at radius 2 is 1.85 bits per heavy atom. The van der Waals surface area contributed by atoms with Crippen LogP contribution in [0, 0.1) is 20.8 Å². The molecule has 9 heteroatoms. The number of hydrogen-bond donors (Lipinski definition) is 1. The van der Waals surface area contributed by atoms with Gasteiger partial charge in [-0.25, -0.2) is 0 Å². The predicted molar refractivity (Wildman–Crippen MR) is 146 cm³/mol. The number of carbonyl (C=O) groups excluding carboxylic acids is 2. The van der Waals surface area contributed by atoms with E-state index in [1.165, 1.54) is 18.9 Å². The lowest BCUT2D eigenvalue weighted by Gasteiger charge is -2.18. The van der Waals surface area contributed by atoms with Crippen LogP contribution in [-0.4, -0.2) is 40.8 Å². The monoisotopic (exact) mass is 562 g/mol. The van der Waals surface area contributed by atoms with Crippen molar-refractivity contribution in [2.75, 3.05) is 19.0 Å². The number of carbonyl (C=O) groups is 2. The summed E-state index contributed by atoms with van der Waals surface area (Å²) in [4.78, 5) is 27.4. The minimum Gasteiger partial charge on any atom is -0.493 e. The van der Waals surface area contributed by atoms with Gasteiger partial charge in [-0.1, -0.05) is 41.7 Å². The van der Waals surface area contributed by atoms with Gasteiger partial charge in [0, 0.05) is 11.7 Å². The Hall–Kier alpha value is -2.36. The molecule has 180 valence electrons. The summed E-state index contributed by atoms with van der Waals surface area (Å²) in [7, 11) is 1.52. The van der Waals surface area contributed by atoms with Crippen LogP contribution in [-0.2, 0) is 9.59 Å².